The molecule has 29 heavy (non-hydrogen) atoms. The average Bonchev–Trinajstić information content (AvgIpc) is 3.39. The maximum absolute atomic E-state index is 12.7. The number of nitrogens with zero attached hydrogens (tertiary/aromatic N) is 3. The van der Waals surface area contributed by atoms with E-state index in [9.17, 15) is 13.2 Å². The predicted molar refractivity (Wildman–Crippen MR) is 105 cm³/mol. The lowest BCUT2D eigenvalue weighted by molar-refractivity contribution is -0.140. The zero-order valence-corrected chi connectivity index (χ0v) is 17.3. The van der Waals surface area contributed by atoms with Gasteiger partial charge in [0.25, 0.3) is 0 Å². The Kier molecular flexibility index (Phi) is 8.10. The van der Waals surface area contributed by atoms with Crippen LogP contribution >= 0.6 is 11.3 Å². The second-order valence-electron chi connectivity index (χ2n) is 7.04. The molecule has 1 aromatic heterocycles. The second-order valence-corrected chi connectivity index (χ2v) is 7.98. The minimum absolute atomic E-state index is 0.102. The Morgan fingerprint density at radius 2 is 2.10 bits per heavy atom. The summed E-state index contributed by atoms with van der Waals surface area (Å²) in [5.41, 5.74) is -0.862. The van der Waals surface area contributed by atoms with Crippen molar-refractivity contribution in [1.82, 2.24) is 20.5 Å². The van der Waals surface area contributed by atoms with Crippen LogP contribution in [0.25, 0.3) is 0 Å². The Bertz CT molecular complexity index is 658. The van der Waals surface area contributed by atoms with Crippen molar-refractivity contribution in [3.8, 4) is 0 Å². The first-order valence-electron chi connectivity index (χ1n) is 9.90. The first-order chi connectivity index (χ1) is 14.0. The van der Waals surface area contributed by atoms with E-state index in [0.717, 1.165) is 62.7 Å². The molecule has 0 saturated carbocycles. The number of thiazole rings is 1. The van der Waals surface area contributed by atoms with Gasteiger partial charge >= 0.3 is 6.18 Å². The number of morpholine rings is 1. The molecule has 2 fully saturated rings. The van der Waals surface area contributed by atoms with E-state index >= 15 is 0 Å². The summed E-state index contributed by atoms with van der Waals surface area (Å²) in [6.45, 7) is 8.15. The number of hydrogen-bond acceptors (Lipinski definition) is 6. The molecular weight excluding hydrogens is 407 g/mol. The third-order valence-corrected chi connectivity index (χ3v) is 5.89. The minimum Gasteiger partial charge on any atom is -0.381 e. The topological polar surface area (TPSA) is 71.0 Å². The van der Waals surface area contributed by atoms with Crippen molar-refractivity contribution >= 4 is 17.3 Å². The van der Waals surface area contributed by atoms with E-state index in [1.54, 1.807) is 0 Å². The van der Waals surface area contributed by atoms with Gasteiger partial charge in [-0.25, -0.2) is 9.98 Å². The van der Waals surface area contributed by atoms with Gasteiger partial charge in [0.15, 0.2) is 11.7 Å². The molecule has 0 radical (unpaired) electrons. The molecule has 2 saturated heterocycles. The molecule has 1 aromatic rings. The second kappa shape index (κ2) is 10.6. The summed E-state index contributed by atoms with van der Waals surface area (Å²) in [6.07, 6.45) is -3.40. The maximum atomic E-state index is 12.7. The highest BCUT2D eigenvalue weighted by atomic mass is 32.1. The van der Waals surface area contributed by atoms with Gasteiger partial charge in [0.2, 0.25) is 0 Å². The van der Waals surface area contributed by atoms with Crippen LogP contribution in [0.4, 0.5) is 13.2 Å². The number of ether oxygens (including phenoxy) is 2. The molecule has 7 nitrogen and oxygen atoms in total. The largest absolute Gasteiger partial charge is 0.434 e. The van der Waals surface area contributed by atoms with E-state index in [4.69, 9.17) is 9.47 Å². The van der Waals surface area contributed by atoms with Crippen molar-refractivity contribution in [1.29, 1.82) is 0 Å². The van der Waals surface area contributed by atoms with E-state index in [1.807, 2.05) is 6.92 Å². The molecule has 0 aromatic carbocycles. The van der Waals surface area contributed by atoms with Crippen molar-refractivity contribution in [2.75, 3.05) is 52.6 Å². The molecular formula is C18H28F3N5O2S. The molecule has 0 aliphatic carbocycles. The van der Waals surface area contributed by atoms with Gasteiger partial charge in [0.1, 0.15) is 5.01 Å². The molecule has 2 unspecified atom stereocenters. The predicted octanol–water partition coefficient (Wildman–Crippen LogP) is 1.95. The summed E-state index contributed by atoms with van der Waals surface area (Å²) < 4.78 is 49.2. The zero-order valence-electron chi connectivity index (χ0n) is 16.5. The number of alkyl halides is 3. The highest BCUT2D eigenvalue weighted by Gasteiger charge is 2.34. The number of hydrogen-bond donors (Lipinski definition) is 2. The van der Waals surface area contributed by atoms with Crippen LogP contribution in [-0.4, -0.2) is 74.5 Å². The molecule has 3 heterocycles. The van der Waals surface area contributed by atoms with Crippen LogP contribution in [0, 0.1) is 5.92 Å². The lowest BCUT2D eigenvalue weighted by atomic mass is 9.97. The van der Waals surface area contributed by atoms with Crippen LogP contribution in [0.2, 0.25) is 0 Å². The Balaban J connectivity index is 1.61. The fourth-order valence-electron chi connectivity index (χ4n) is 3.56. The van der Waals surface area contributed by atoms with Gasteiger partial charge in [-0.05, 0) is 13.3 Å². The summed E-state index contributed by atoms with van der Waals surface area (Å²) in [5.74, 6) is 1.02. The number of aromatic nitrogens is 1. The van der Waals surface area contributed by atoms with Crippen LogP contribution in [0.3, 0.4) is 0 Å². The number of nitrogens with one attached hydrogen (secondary N) is 2. The SMILES string of the molecule is CCNC(=NCc1nc(C(F)(F)F)cs1)NCC(C1CCOC1)N1CCOCC1. The van der Waals surface area contributed by atoms with Gasteiger partial charge in [-0.15, -0.1) is 11.3 Å². The Morgan fingerprint density at radius 1 is 1.31 bits per heavy atom. The van der Waals surface area contributed by atoms with Gasteiger partial charge in [0.05, 0.1) is 26.4 Å². The molecule has 2 N–H and O–H groups in total. The molecule has 0 amide bonds. The van der Waals surface area contributed by atoms with E-state index in [0.29, 0.717) is 36.0 Å². The molecule has 0 spiro atoms. The Morgan fingerprint density at radius 3 is 2.72 bits per heavy atom. The molecule has 0 bridgehead atoms. The molecule has 2 aliphatic heterocycles. The van der Waals surface area contributed by atoms with Gasteiger partial charge < -0.3 is 20.1 Å². The molecule has 164 valence electrons. The van der Waals surface area contributed by atoms with Crippen LogP contribution in [0.1, 0.15) is 24.0 Å². The fraction of sp³-hybridized carbons (Fsp3) is 0.778. The van der Waals surface area contributed by atoms with Crippen molar-refractivity contribution in [3.63, 3.8) is 0 Å². The summed E-state index contributed by atoms with van der Waals surface area (Å²) in [7, 11) is 0. The monoisotopic (exact) mass is 435 g/mol. The zero-order chi connectivity index (χ0) is 20.7. The van der Waals surface area contributed by atoms with Crippen molar-refractivity contribution < 1.29 is 22.6 Å². The van der Waals surface area contributed by atoms with Crippen LogP contribution in [-0.2, 0) is 22.2 Å². The molecule has 2 atom stereocenters. The van der Waals surface area contributed by atoms with E-state index in [1.165, 1.54) is 0 Å². The first-order valence-corrected chi connectivity index (χ1v) is 10.8. The van der Waals surface area contributed by atoms with Gasteiger partial charge in [-0.1, -0.05) is 0 Å². The minimum atomic E-state index is -4.42. The number of rotatable bonds is 7. The van der Waals surface area contributed by atoms with Crippen molar-refractivity contribution in [3.05, 3.63) is 16.1 Å². The first kappa shape index (κ1) is 22.3. The average molecular weight is 436 g/mol. The number of halogens is 3. The summed E-state index contributed by atoms with van der Waals surface area (Å²) in [5, 5.41) is 7.88. The van der Waals surface area contributed by atoms with Crippen molar-refractivity contribution in [2.24, 2.45) is 10.9 Å². The molecule has 2 aliphatic rings. The maximum Gasteiger partial charge on any atom is 0.434 e. The highest BCUT2D eigenvalue weighted by molar-refractivity contribution is 7.09. The standard InChI is InChI=1S/C18H28F3N5O2S/c1-2-22-17(24-10-16-25-15(12-29-16)18(19,20)21)23-9-14(13-3-6-28-11-13)26-4-7-27-8-5-26/h12-14H,2-11H2,1H3,(H2,22,23,24). The quantitative estimate of drug-likeness (QED) is 0.504. The van der Waals surface area contributed by atoms with Gasteiger partial charge in [0, 0.05) is 50.1 Å². The van der Waals surface area contributed by atoms with Crippen LogP contribution in [0.5, 0.6) is 0 Å². The Hall–Kier alpha value is -1.43. The smallest absolute Gasteiger partial charge is 0.381 e. The van der Waals surface area contributed by atoms with Crippen LogP contribution in [0.15, 0.2) is 10.4 Å². The number of guanidine groups is 1. The Labute approximate surface area is 172 Å². The number of aliphatic imine (C=N–C) groups is 1. The van der Waals surface area contributed by atoms with Gasteiger partial charge in [-0.3, -0.25) is 4.90 Å². The molecule has 11 heteroatoms. The van der Waals surface area contributed by atoms with E-state index in [-0.39, 0.29) is 6.54 Å². The third kappa shape index (κ3) is 6.53. The molecule has 3 rings (SSSR count). The third-order valence-electron chi connectivity index (χ3n) is 5.06. The summed E-state index contributed by atoms with van der Waals surface area (Å²) in [4.78, 5) is 10.5. The van der Waals surface area contributed by atoms with Crippen LogP contribution < -0.4 is 10.6 Å². The van der Waals surface area contributed by atoms with E-state index < -0.39 is 11.9 Å². The van der Waals surface area contributed by atoms with E-state index in [2.05, 4.69) is 25.5 Å². The highest BCUT2D eigenvalue weighted by Crippen LogP contribution is 2.30. The lowest BCUT2D eigenvalue weighted by Gasteiger charge is -2.37. The summed E-state index contributed by atoms with van der Waals surface area (Å²) >= 11 is 0.972. The van der Waals surface area contributed by atoms with Crippen molar-refractivity contribution in [2.45, 2.75) is 32.1 Å². The normalized spacial score (nSPS) is 22.6. The van der Waals surface area contributed by atoms with Gasteiger partial charge in [-0.2, -0.15) is 13.2 Å². The lowest BCUT2D eigenvalue weighted by Crippen LogP contribution is -2.53. The summed E-state index contributed by atoms with van der Waals surface area (Å²) in [6, 6.07) is 0.293. The fourth-order valence-corrected chi connectivity index (χ4v) is 4.29.